The lowest BCUT2D eigenvalue weighted by Gasteiger charge is -2.22. The number of carbonyl (C=O) groups excluding carboxylic acids is 1. The molecule has 2 aromatic heterocycles. The molecule has 0 aliphatic heterocycles. The van der Waals surface area contributed by atoms with Gasteiger partial charge in [0.2, 0.25) is 0 Å². The van der Waals surface area contributed by atoms with Gasteiger partial charge in [-0.25, -0.2) is 0 Å². The number of unbranched alkanes of at least 4 members (excludes halogenated alkanes) is 4. The first-order chi connectivity index (χ1) is 16.1. The van der Waals surface area contributed by atoms with Crippen molar-refractivity contribution in [3.05, 3.63) is 47.3 Å². The highest BCUT2D eigenvalue weighted by Crippen LogP contribution is 2.35. The third-order valence-electron chi connectivity index (χ3n) is 6.90. The number of pyridine rings is 2. The number of ketones is 1. The summed E-state index contributed by atoms with van der Waals surface area (Å²) in [5, 5.41) is 0. The molecular weight excluding hydrogens is 404 g/mol. The number of hydrogen-bond donors (Lipinski definition) is 0. The van der Waals surface area contributed by atoms with Gasteiger partial charge in [-0.3, -0.25) is 14.8 Å². The summed E-state index contributed by atoms with van der Waals surface area (Å²) < 4.78 is 0. The zero-order valence-electron chi connectivity index (χ0n) is 21.8. The molecule has 0 unspecified atom stereocenters. The Bertz CT molecular complexity index is 829. The van der Waals surface area contributed by atoms with Gasteiger partial charge in [-0.2, -0.15) is 0 Å². The summed E-state index contributed by atoms with van der Waals surface area (Å²) in [5.41, 5.74) is 4.93. The first-order valence-corrected chi connectivity index (χ1v) is 13.5. The molecule has 3 heteroatoms. The van der Waals surface area contributed by atoms with E-state index in [1.54, 1.807) is 6.92 Å². The van der Waals surface area contributed by atoms with Crippen LogP contribution in [0.5, 0.6) is 0 Å². The van der Waals surface area contributed by atoms with Gasteiger partial charge in [0.05, 0.1) is 11.4 Å². The number of carbonyl (C=O) groups is 1. The predicted octanol–water partition coefficient (Wildman–Crippen LogP) is 9.27. The van der Waals surface area contributed by atoms with Crippen LogP contribution in [0.3, 0.4) is 0 Å². The molecule has 0 saturated carbocycles. The molecule has 2 heterocycles. The molecule has 0 N–H and O–H groups in total. The molecular formula is C30H46N2O. The lowest BCUT2D eigenvalue weighted by Crippen LogP contribution is -2.10. The van der Waals surface area contributed by atoms with Crippen LogP contribution in [-0.2, 0) is 0 Å². The van der Waals surface area contributed by atoms with Crippen LogP contribution >= 0.6 is 0 Å². The molecule has 2 rings (SSSR count). The van der Waals surface area contributed by atoms with Gasteiger partial charge in [-0.1, -0.05) is 79.1 Å². The molecule has 0 aliphatic carbocycles. The number of rotatable bonds is 16. The van der Waals surface area contributed by atoms with Crippen molar-refractivity contribution < 1.29 is 4.79 Å². The summed E-state index contributed by atoms with van der Waals surface area (Å²) in [4.78, 5) is 22.4. The van der Waals surface area contributed by atoms with E-state index in [4.69, 9.17) is 9.97 Å². The van der Waals surface area contributed by atoms with Crippen molar-refractivity contribution in [2.24, 2.45) is 0 Å². The molecule has 0 fully saturated rings. The molecule has 182 valence electrons. The van der Waals surface area contributed by atoms with Crippen LogP contribution in [0.4, 0.5) is 0 Å². The van der Waals surface area contributed by atoms with Gasteiger partial charge >= 0.3 is 0 Å². The third-order valence-corrected chi connectivity index (χ3v) is 6.90. The van der Waals surface area contributed by atoms with E-state index in [0.717, 1.165) is 29.8 Å². The van der Waals surface area contributed by atoms with Crippen LogP contribution in [0.2, 0.25) is 0 Å². The normalized spacial score (nSPS) is 11.5. The molecule has 0 spiro atoms. The fourth-order valence-corrected chi connectivity index (χ4v) is 4.95. The summed E-state index contributed by atoms with van der Waals surface area (Å²) in [6, 6.07) is 6.47. The summed E-state index contributed by atoms with van der Waals surface area (Å²) >= 11 is 0. The molecule has 0 bridgehead atoms. The first kappa shape index (κ1) is 27.2. The number of nitrogens with zero attached hydrogens (tertiary/aromatic N) is 2. The lowest BCUT2D eigenvalue weighted by molar-refractivity contribution is 0.101. The summed E-state index contributed by atoms with van der Waals surface area (Å²) in [6.45, 7) is 10.7. The quantitative estimate of drug-likeness (QED) is 0.239. The number of aromatic nitrogens is 2. The van der Waals surface area contributed by atoms with Crippen molar-refractivity contribution >= 4 is 5.78 Å². The molecule has 0 atom stereocenters. The van der Waals surface area contributed by atoms with E-state index in [9.17, 15) is 4.79 Å². The van der Waals surface area contributed by atoms with Crippen LogP contribution in [0.15, 0.2) is 30.6 Å². The van der Waals surface area contributed by atoms with E-state index in [1.807, 2.05) is 12.4 Å². The van der Waals surface area contributed by atoms with Crippen molar-refractivity contribution in [2.75, 3.05) is 0 Å². The molecule has 0 aliphatic rings. The lowest BCUT2D eigenvalue weighted by atomic mass is 9.84. The van der Waals surface area contributed by atoms with E-state index in [1.165, 1.54) is 75.3 Å². The zero-order valence-corrected chi connectivity index (χ0v) is 21.8. The first-order valence-electron chi connectivity index (χ1n) is 13.5. The van der Waals surface area contributed by atoms with E-state index in [-0.39, 0.29) is 5.78 Å². The Labute approximate surface area is 202 Å². The third kappa shape index (κ3) is 8.05. The Hall–Kier alpha value is -2.03. The van der Waals surface area contributed by atoms with Gasteiger partial charge in [0, 0.05) is 18.0 Å². The minimum atomic E-state index is 0.104. The van der Waals surface area contributed by atoms with Crippen LogP contribution in [0, 0.1) is 0 Å². The Kier molecular flexibility index (Phi) is 12.4. The summed E-state index contributed by atoms with van der Waals surface area (Å²) in [7, 11) is 0. The van der Waals surface area contributed by atoms with E-state index >= 15 is 0 Å². The van der Waals surface area contributed by atoms with Gasteiger partial charge in [-0.05, 0) is 73.8 Å². The maximum atomic E-state index is 12.9. The molecule has 2 aromatic rings. The Morgan fingerprint density at radius 1 is 0.758 bits per heavy atom. The molecule has 3 nitrogen and oxygen atoms in total. The van der Waals surface area contributed by atoms with Gasteiger partial charge in [0.1, 0.15) is 0 Å². The summed E-state index contributed by atoms with van der Waals surface area (Å²) in [5.74, 6) is 1.07. The minimum Gasteiger partial charge on any atom is -0.294 e. The van der Waals surface area contributed by atoms with Crippen LogP contribution in [-0.4, -0.2) is 15.8 Å². The van der Waals surface area contributed by atoms with E-state index in [0.29, 0.717) is 11.8 Å². The minimum absolute atomic E-state index is 0.104. The SMILES string of the molecule is CCCCC(CCCC)c1ccnc(-c2nccc(C(CCCC)CCCC)c2C(C)=O)c1. The van der Waals surface area contributed by atoms with Crippen LogP contribution in [0.1, 0.15) is 145 Å². The summed E-state index contributed by atoms with van der Waals surface area (Å²) in [6.07, 6.45) is 18.1. The second kappa shape index (κ2) is 15.0. The number of Topliss-reactive ketones (excluding diaryl/α,β-unsaturated/α-hetero) is 1. The van der Waals surface area contributed by atoms with Gasteiger partial charge in [-0.15, -0.1) is 0 Å². The Morgan fingerprint density at radius 3 is 1.79 bits per heavy atom. The van der Waals surface area contributed by atoms with Crippen LogP contribution in [0.25, 0.3) is 11.4 Å². The Balaban J connectivity index is 2.50. The number of hydrogen-bond acceptors (Lipinski definition) is 3. The molecule has 0 saturated heterocycles. The largest absolute Gasteiger partial charge is 0.294 e. The maximum absolute atomic E-state index is 12.9. The second-order valence-corrected chi connectivity index (χ2v) is 9.62. The zero-order chi connectivity index (χ0) is 24.1. The van der Waals surface area contributed by atoms with Gasteiger partial charge < -0.3 is 0 Å². The highest BCUT2D eigenvalue weighted by atomic mass is 16.1. The second-order valence-electron chi connectivity index (χ2n) is 9.62. The average molecular weight is 451 g/mol. The molecule has 33 heavy (non-hydrogen) atoms. The Morgan fingerprint density at radius 2 is 1.27 bits per heavy atom. The van der Waals surface area contributed by atoms with Gasteiger partial charge in [0.25, 0.3) is 0 Å². The molecule has 0 amide bonds. The maximum Gasteiger partial charge on any atom is 0.162 e. The molecule has 0 radical (unpaired) electrons. The van der Waals surface area contributed by atoms with Crippen molar-refractivity contribution in [2.45, 2.75) is 124 Å². The fourth-order valence-electron chi connectivity index (χ4n) is 4.95. The van der Waals surface area contributed by atoms with Crippen molar-refractivity contribution in [3.63, 3.8) is 0 Å². The van der Waals surface area contributed by atoms with E-state index < -0.39 is 0 Å². The predicted molar refractivity (Wildman–Crippen MR) is 141 cm³/mol. The van der Waals surface area contributed by atoms with Crippen molar-refractivity contribution in [1.82, 2.24) is 9.97 Å². The highest BCUT2D eigenvalue weighted by molar-refractivity contribution is 6.01. The molecule has 0 aromatic carbocycles. The van der Waals surface area contributed by atoms with Gasteiger partial charge in [0.15, 0.2) is 5.78 Å². The topological polar surface area (TPSA) is 42.9 Å². The smallest absolute Gasteiger partial charge is 0.162 e. The monoisotopic (exact) mass is 450 g/mol. The van der Waals surface area contributed by atoms with Crippen molar-refractivity contribution in [3.8, 4) is 11.4 Å². The highest BCUT2D eigenvalue weighted by Gasteiger charge is 2.23. The van der Waals surface area contributed by atoms with Crippen LogP contribution < -0.4 is 0 Å². The standard InChI is InChI=1S/C30H46N2O/c1-6-10-14-24(15-11-7-2)26-18-20-31-28(22-26)30-29(23(5)33)27(19-21-32-30)25(16-12-8-3)17-13-9-4/h18-22,24-25H,6-17H2,1-5H3. The van der Waals surface area contributed by atoms with E-state index in [2.05, 4.69) is 45.9 Å². The average Bonchev–Trinajstić information content (AvgIpc) is 2.84. The van der Waals surface area contributed by atoms with Crippen molar-refractivity contribution in [1.29, 1.82) is 0 Å². The fraction of sp³-hybridized carbons (Fsp3) is 0.633.